The molecule has 70 valence electrons. The third kappa shape index (κ3) is 1.72. The molecule has 0 amide bonds. The normalized spacial score (nSPS) is 14.5. The van der Waals surface area contributed by atoms with Gasteiger partial charge in [0.2, 0.25) is 0 Å². The topological polar surface area (TPSA) is 17.8 Å². The van der Waals surface area contributed by atoms with Gasteiger partial charge in [-0.3, -0.25) is 0 Å². The monoisotopic (exact) mass is 176 g/mol. The van der Waals surface area contributed by atoms with Crippen LogP contribution in [-0.4, -0.2) is 9.55 Å². The van der Waals surface area contributed by atoms with Gasteiger partial charge in [0.15, 0.2) is 0 Å². The summed E-state index contributed by atoms with van der Waals surface area (Å²) in [5.41, 5.74) is 1.20. The van der Waals surface area contributed by atoms with E-state index in [2.05, 4.69) is 24.6 Å². The molecule has 0 saturated carbocycles. The van der Waals surface area contributed by atoms with Gasteiger partial charge in [0, 0.05) is 7.05 Å². The van der Waals surface area contributed by atoms with Gasteiger partial charge in [0.1, 0.15) is 0 Å². The number of hydrogen-bond acceptors (Lipinski definition) is 1. The second-order valence-corrected chi connectivity index (χ2v) is 2.96. The minimum atomic E-state index is 0.974. The van der Waals surface area contributed by atoms with E-state index in [0.29, 0.717) is 0 Å². The van der Waals surface area contributed by atoms with E-state index >= 15 is 0 Å². The first kappa shape index (κ1) is 9.78. The van der Waals surface area contributed by atoms with Gasteiger partial charge in [-0.15, -0.1) is 0 Å². The Hall–Kier alpha value is -1.31. The van der Waals surface area contributed by atoms with E-state index in [1.807, 2.05) is 30.9 Å². The van der Waals surface area contributed by atoms with Gasteiger partial charge >= 0.3 is 0 Å². The van der Waals surface area contributed by atoms with E-state index in [9.17, 15) is 0 Å². The molecule has 0 radical (unpaired) electrons. The highest BCUT2D eigenvalue weighted by Crippen LogP contribution is 1.97. The summed E-state index contributed by atoms with van der Waals surface area (Å²) in [4.78, 5) is 4.35. The molecule has 0 N–H and O–H groups in total. The molecule has 1 rings (SSSR count). The SMILES string of the molecule is C=CC(CC)=c1ncn(C)c1=CC. The molecule has 0 saturated heterocycles. The summed E-state index contributed by atoms with van der Waals surface area (Å²) in [6.45, 7) is 7.93. The smallest absolute Gasteiger partial charge is 0.0955 e. The van der Waals surface area contributed by atoms with Gasteiger partial charge in [-0.05, 0) is 18.9 Å². The van der Waals surface area contributed by atoms with Crippen LogP contribution in [0.3, 0.4) is 0 Å². The third-order valence-electron chi connectivity index (χ3n) is 2.19. The summed E-state index contributed by atoms with van der Waals surface area (Å²) in [6.07, 6.45) is 6.77. The van der Waals surface area contributed by atoms with Crippen molar-refractivity contribution in [2.45, 2.75) is 20.3 Å². The fraction of sp³-hybridized carbons (Fsp3) is 0.364. The van der Waals surface area contributed by atoms with Crippen molar-refractivity contribution >= 4 is 11.6 Å². The predicted molar refractivity (Wildman–Crippen MR) is 56.5 cm³/mol. The van der Waals surface area contributed by atoms with E-state index in [1.165, 1.54) is 5.57 Å². The Bertz CT molecular complexity index is 410. The van der Waals surface area contributed by atoms with Gasteiger partial charge in [0.05, 0.1) is 17.0 Å². The molecule has 0 atom stereocenters. The maximum atomic E-state index is 4.35. The Morgan fingerprint density at radius 3 is 2.85 bits per heavy atom. The predicted octanol–water partition coefficient (Wildman–Crippen LogP) is 0.967. The minimum absolute atomic E-state index is 0.974. The van der Waals surface area contributed by atoms with Crippen LogP contribution in [0.4, 0.5) is 0 Å². The van der Waals surface area contributed by atoms with Crippen LogP contribution in [0.1, 0.15) is 20.3 Å². The van der Waals surface area contributed by atoms with Crippen LogP contribution in [0.15, 0.2) is 19.0 Å². The molecule has 0 aliphatic heterocycles. The first-order chi connectivity index (χ1) is 6.24. The second kappa shape index (κ2) is 4.08. The first-order valence-electron chi connectivity index (χ1n) is 4.53. The molecule has 0 aliphatic carbocycles. The van der Waals surface area contributed by atoms with Crippen LogP contribution in [0.25, 0.3) is 11.6 Å². The lowest BCUT2D eigenvalue weighted by Gasteiger charge is -1.92. The number of allylic oxidation sites excluding steroid dienone is 1. The zero-order chi connectivity index (χ0) is 9.84. The molecule has 0 fully saturated rings. The molecule has 1 aromatic heterocycles. The molecular weight excluding hydrogens is 160 g/mol. The van der Waals surface area contributed by atoms with Crippen LogP contribution in [0.2, 0.25) is 0 Å². The lowest BCUT2D eigenvalue weighted by Crippen LogP contribution is -2.30. The van der Waals surface area contributed by atoms with Crippen molar-refractivity contribution < 1.29 is 0 Å². The highest BCUT2D eigenvalue weighted by molar-refractivity contribution is 5.53. The Kier molecular flexibility index (Phi) is 3.07. The van der Waals surface area contributed by atoms with Crippen LogP contribution < -0.4 is 10.7 Å². The van der Waals surface area contributed by atoms with E-state index < -0.39 is 0 Å². The summed E-state index contributed by atoms with van der Waals surface area (Å²) in [5.74, 6) is 0. The number of hydrogen-bond donors (Lipinski definition) is 0. The van der Waals surface area contributed by atoms with Crippen molar-refractivity contribution in [1.29, 1.82) is 0 Å². The maximum absolute atomic E-state index is 4.35. The van der Waals surface area contributed by atoms with E-state index in [0.717, 1.165) is 17.1 Å². The standard InChI is InChI=1S/C11H16N2/c1-5-9(6-2)11-10(7-3)13(4)8-12-11/h5,7-8H,1,6H2,2-4H3. The molecule has 0 spiro atoms. The zero-order valence-electron chi connectivity index (χ0n) is 8.54. The number of nitrogens with zero attached hydrogens (tertiary/aromatic N) is 2. The molecule has 0 aliphatic rings. The van der Waals surface area contributed by atoms with Crippen molar-refractivity contribution in [2.75, 3.05) is 0 Å². The average Bonchev–Trinajstić information content (AvgIpc) is 2.50. The van der Waals surface area contributed by atoms with Crippen molar-refractivity contribution in [3.05, 3.63) is 29.7 Å². The molecule has 2 nitrogen and oxygen atoms in total. The molecule has 0 bridgehead atoms. The van der Waals surface area contributed by atoms with Gasteiger partial charge in [-0.25, -0.2) is 4.98 Å². The average molecular weight is 176 g/mol. The second-order valence-electron chi connectivity index (χ2n) is 2.96. The summed E-state index contributed by atoms with van der Waals surface area (Å²) >= 11 is 0. The summed E-state index contributed by atoms with van der Waals surface area (Å²) in [6, 6.07) is 0. The van der Waals surface area contributed by atoms with Crippen LogP contribution in [-0.2, 0) is 7.05 Å². The van der Waals surface area contributed by atoms with Crippen LogP contribution >= 0.6 is 0 Å². The lowest BCUT2D eigenvalue weighted by atomic mass is 10.2. The van der Waals surface area contributed by atoms with Gasteiger partial charge in [0.25, 0.3) is 0 Å². The van der Waals surface area contributed by atoms with E-state index in [4.69, 9.17) is 0 Å². The van der Waals surface area contributed by atoms with Crippen molar-refractivity contribution in [3.8, 4) is 0 Å². The first-order valence-corrected chi connectivity index (χ1v) is 4.53. The van der Waals surface area contributed by atoms with E-state index in [1.54, 1.807) is 0 Å². The number of aromatic nitrogens is 2. The summed E-state index contributed by atoms with van der Waals surface area (Å²) < 4.78 is 2.02. The quantitative estimate of drug-likeness (QED) is 0.656. The molecule has 1 aromatic rings. The largest absolute Gasteiger partial charge is 0.334 e. The Morgan fingerprint density at radius 1 is 1.69 bits per heavy atom. The zero-order valence-corrected chi connectivity index (χ0v) is 8.54. The molecule has 1 heterocycles. The Balaban J connectivity index is 3.63. The van der Waals surface area contributed by atoms with Gasteiger partial charge < -0.3 is 4.57 Å². The summed E-state index contributed by atoms with van der Waals surface area (Å²) in [5, 5.41) is 2.22. The molecule has 0 aromatic carbocycles. The number of imidazole rings is 1. The van der Waals surface area contributed by atoms with Gasteiger partial charge in [-0.1, -0.05) is 25.7 Å². The van der Waals surface area contributed by atoms with Crippen molar-refractivity contribution in [2.24, 2.45) is 7.05 Å². The lowest BCUT2D eigenvalue weighted by molar-refractivity contribution is 0.879. The highest BCUT2D eigenvalue weighted by Gasteiger charge is 1.96. The molecule has 13 heavy (non-hydrogen) atoms. The third-order valence-corrected chi connectivity index (χ3v) is 2.19. The highest BCUT2D eigenvalue weighted by atomic mass is 15.0. The van der Waals surface area contributed by atoms with Crippen LogP contribution in [0, 0.1) is 0 Å². The van der Waals surface area contributed by atoms with E-state index in [-0.39, 0.29) is 0 Å². The number of aryl methyl sites for hydroxylation is 1. The summed E-state index contributed by atoms with van der Waals surface area (Å²) in [7, 11) is 2.00. The fourth-order valence-electron chi connectivity index (χ4n) is 1.44. The Morgan fingerprint density at radius 2 is 2.38 bits per heavy atom. The van der Waals surface area contributed by atoms with Crippen molar-refractivity contribution in [3.63, 3.8) is 0 Å². The molecule has 2 heteroatoms. The minimum Gasteiger partial charge on any atom is -0.334 e. The fourth-order valence-corrected chi connectivity index (χ4v) is 1.44. The Labute approximate surface area is 78.9 Å². The van der Waals surface area contributed by atoms with Crippen molar-refractivity contribution in [1.82, 2.24) is 9.55 Å². The maximum Gasteiger partial charge on any atom is 0.0955 e. The number of rotatable bonds is 2. The van der Waals surface area contributed by atoms with Gasteiger partial charge in [-0.2, -0.15) is 0 Å². The molecule has 0 unspecified atom stereocenters. The molecular formula is C11H16N2. The van der Waals surface area contributed by atoms with Crippen LogP contribution in [0.5, 0.6) is 0 Å².